The highest BCUT2D eigenvalue weighted by atomic mass is 16.5. The van der Waals surface area contributed by atoms with Crippen LogP contribution in [0.5, 0.6) is 5.75 Å². The molecule has 0 amide bonds. The zero-order valence-corrected chi connectivity index (χ0v) is 13.1. The molecule has 0 spiro atoms. The number of piperidine rings is 1. The summed E-state index contributed by atoms with van der Waals surface area (Å²) in [6.45, 7) is 2.02. The lowest BCUT2D eigenvalue weighted by Crippen LogP contribution is -2.47. The van der Waals surface area contributed by atoms with Crippen molar-refractivity contribution in [2.75, 3.05) is 25.1 Å². The molecule has 0 aliphatic carbocycles. The normalized spacial score (nSPS) is 21.6. The van der Waals surface area contributed by atoms with Crippen LogP contribution in [-0.4, -0.2) is 26.2 Å². The summed E-state index contributed by atoms with van der Waals surface area (Å²) in [6, 6.07) is 19.2. The molecule has 0 bridgehead atoms. The van der Waals surface area contributed by atoms with Crippen molar-refractivity contribution in [3.8, 4) is 5.75 Å². The summed E-state index contributed by atoms with van der Waals surface area (Å²) in [5, 5.41) is 0. The number of methoxy groups -OCH3 is 1. The number of anilines is 1. The fourth-order valence-corrected chi connectivity index (χ4v) is 3.34. The molecule has 2 aromatic rings. The predicted octanol–water partition coefficient (Wildman–Crippen LogP) is 3.09. The first-order chi connectivity index (χ1) is 10.7. The Morgan fingerprint density at radius 2 is 1.77 bits per heavy atom. The van der Waals surface area contributed by atoms with Gasteiger partial charge in [0.2, 0.25) is 0 Å². The van der Waals surface area contributed by atoms with Crippen molar-refractivity contribution >= 4 is 5.69 Å². The number of benzene rings is 2. The number of nitrogens with two attached hydrogens (primary N) is 1. The molecule has 3 nitrogen and oxygen atoms in total. The van der Waals surface area contributed by atoms with E-state index >= 15 is 0 Å². The molecule has 2 atom stereocenters. The van der Waals surface area contributed by atoms with Gasteiger partial charge in [0.15, 0.2) is 0 Å². The van der Waals surface area contributed by atoms with Gasteiger partial charge in [0.05, 0.1) is 7.11 Å². The Bertz CT molecular complexity index is 582. The van der Waals surface area contributed by atoms with Crippen LogP contribution < -0.4 is 15.4 Å². The molecular weight excluding hydrogens is 272 g/mol. The molecule has 1 saturated heterocycles. The van der Waals surface area contributed by atoms with Crippen LogP contribution in [-0.2, 0) is 6.42 Å². The van der Waals surface area contributed by atoms with E-state index in [9.17, 15) is 0 Å². The number of hydrogen-bond donors (Lipinski definition) is 1. The maximum absolute atomic E-state index is 6.29. The second-order valence-corrected chi connectivity index (χ2v) is 6.15. The lowest BCUT2D eigenvalue weighted by atomic mass is 9.89. The average Bonchev–Trinajstić information content (AvgIpc) is 2.56. The van der Waals surface area contributed by atoms with Crippen LogP contribution in [0.1, 0.15) is 12.0 Å². The third-order valence-electron chi connectivity index (χ3n) is 4.37. The van der Waals surface area contributed by atoms with Crippen LogP contribution in [0.15, 0.2) is 54.6 Å². The monoisotopic (exact) mass is 296 g/mol. The first-order valence-corrected chi connectivity index (χ1v) is 7.93. The van der Waals surface area contributed by atoms with Gasteiger partial charge in [-0.1, -0.05) is 30.3 Å². The molecule has 1 fully saturated rings. The highest BCUT2D eigenvalue weighted by molar-refractivity contribution is 5.46. The quantitative estimate of drug-likeness (QED) is 0.942. The summed E-state index contributed by atoms with van der Waals surface area (Å²) in [4.78, 5) is 2.42. The molecule has 22 heavy (non-hydrogen) atoms. The number of nitrogens with zero attached hydrogens (tertiary/aromatic N) is 1. The second-order valence-electron chi connectivity index (χ2n) is 6.15. The van der Waals surface area contributed by atoms with Crippen molar-refractivity contribution in [1.29, 1.82) is 0 Å². The van der Waals surface area contributed by atoms with E-state index in [1.54, 1.807) is 7.11 Å². The minimum atomic E-state index is 0.247. The minimum Gasteiger partial charge on any atom is -0.497 e. The average molecular weight is 296 g/mol. The third kappa shape index (κ3) is 3.60. The molecule has 1 heterocycles. The molecule has 2 aromatic carbocycles. The molecule has 3 rings (SSSR count). The van der Waals surface area contributed by atoms with Gasteiger partial charge in [-0.25, -0.2) is 0 Å². The Labute approximate surface area is 132 Å². The summed E-state index contributed by atoms with van der Waals surface area (Å²) in [7, 11) is 1.70. The third-order valence-corrected chi connectivity index (χ3v) is 4.37. The topological polar surface area (TPSA) is 38.5 Å². The van der Waals surface area contributed by atoms with Gasteiger partial charge in [-0.2, -0.15) is 0 Å². The van der Waals surface area contributed by atoms with Crippen LogP contribution in [0.3, 0.4) is 0 Å². The molecule has 116 valence electrons. The van der Waals surface area contributed by atoms with Gasteiger partial charge in [-0.05, 0) is 48.6 Å². The van der Waals surface area contributed by atoms with Crippen LogP contribution in [0, 0.1) is 5.92 Å². The highest BCUT2D eigenvalue weighted by Crippen LogP contribution is 2.25. The summed E-state index contributed by atoms with van der Waals surface area (Å²) in [5.41, 5.74) is 8.92. The van der Waals surface area contributed by atoms with E-state index in [2.05, 4.69) is 47.4 Å². The minimum absolute atomic E-state index is 0.247. The number of ether oxygens (including phenoxy) is 1. The Kier molecular flexibility index (Phi) is 4.64. The molecule has 1 aliphatic rings. The summed E-state index contributed by atoms with van der Waals surface area (Å²) in [5.74, 6) is 1.51. The molecule has 0 saturated carbocycles. The van der Waals surface area contributed by atoms with E-state index in [-0.39, 0.29) is 6.04 Å². The smallest absolute Gasteiger partial charge is 0.118 e. The SMILES string of the molecule is COc1ccc(CC2CC(N)CN(c3ccccc3)C2)cc1. The molecule has 0 aromatic heterocycles. The van der Waals surface area contributed by atoms with Gasteiger partial charge in [0.25, 0.3) is 0 Å². The number of rotatable bonds is 4. The Morgan fingerprint density at radius 1 is 1.05 bits per heavy atom. The van der Waals surface area contributed by atoms with E-state index in [1.807, 2.05) is 12.1 Å². The predicted molar refractivity (Wildman–Crippen MR) is 91.4 cm³/mol. The number of para-hydroxylation sites is 1. The first kappa shape index (κ1) is 14.9. The fourth-order valence-electron chi connectivity index (χ4n) is 3.34. The van der Waals surface area contributed by atoms with Crippen molar-refractivity contribution in [3.63, 3.8) is 0 Å². The summed E-state index contributed by atoms with van der Waals surface area (Å²) >= 11 is 0. The van der Waals surface area contributed by atoms with E-state index in [1.165, 1.54) is 11.3 Å². The number of hydrogen-bond acceptors (Lipinski definition) is 3. The molecule has 3 heteroatoms. The van der Waals surface area contributed by atoms with Crippen LogP contribution >= 0.6 is 0 Å². The van der Waals surface area contributed by atoms with Crippen molar-refractivity contribution in [3.05, 3.63) is 60.2 Å². The van der Waals surface area contributed by atoms with Gasteiger partial charge >= 0.3 is 0 Å². The van der Waals surface area contributed by atoms with Gasteiger partial charge in [0, 0.05) is 24.8 Å². The second kappa shape index (κ2) is 6.84. The zero-order chi connectivity index (χ0) is 15.4. The van der Waals surface area contributed by atoms with Crippen LogP contribution in [0.2, 0.25) is 0 Å². The lowest BCUT2D eigenvalue weighted by Gasteiger charge is -2.38. The Balaban J connectivity index is 1.68. The molecule has 2 unspecified atom stereocenters. The van der Waals surface area contributed by atoms with E-state index in [4.69, 9.17) is 10.5 Å². The van der Waals surface area contributed by atoms with Gasteiger partial charge in [-0.3, -0.25) is 0 Å². The van der Waals surface area contributed by atoms with Crippen molar-refractivity contribution in [1.82, 2.24) is 0 Å². The van der Waals surface area contributed by atoms with Crippen molar-refractivity contribution < 1.29 is 4.74 Å². The standard InChI is InChI=1S/C19H24N2O/c1-22-19-9-7-15(8-10-19)11-16-12-17(20)14-21(13-16)18-5-3-2-4-6-18/h2-10,16-17H,11-14,20H2,1H3. The van der Waals surface area contributed by atoms with Gasteiger partial charge in [-0.15, -0.1) is 0 Å². The van der Waals surface area contributed by atoms with Gasteiger partial charge < -0.3 is 15.4 Å². The Morgan fingerprint density at radius 3 is 2.45 bits per heavy atom. The van der Waals surface area contributed by atoms with E-state index in [0.29, 0.717) is 5.92 Å². The summed E-state index contributed by atoms with van der Waals surface area (Å²) in [6.07, 6.45) is 2.16. The van der Waals surface area contributed by atoms with Gasteiger partial charge in [0.1, 0.15) is 5.75 Å². The van der Waals surface area contributed by atoms with Crippen LogP contribution in [0.4, 0.5) is 5.69 Å². The molecule has 2 N–H and O–H groups in total. The maximum atomic E-state index is 6.29. The van der Waals surface area contributed by atoms with Crippen LogP contribution in [0.25, 0.3) is 0 Å². The first-order valence-electron chi connectivity index (χ1n) is 7.93. The zero-order valence-electron chi connectivity index (χ0n) is 13.1. The van der Waals surface area contributed by atoms with E-state index in [0.717, 1.165) is 31.7 Å². The molecule has 1 aliphatic heterocycles. The van der Waals surface area contributed by atoms with Crippen molar-refractivity contribution in [2.24, 2.45) is 11.7 Å². The lowest BCUT2D eigenvalue weighted by molar-refractivity contribution is 0.374. The van der Waals surface area contributed by atoms with Crippen molar-refractivity contribution in [2.45, 2.75) is 18.9 Å². The van der Waals surface area contributed by atoms with E-state index < -0.39 is 0 Å². The maximum Gasteiger partial charge on any atom is 0.118 e. The summed E-state index contributed by atoms with van der Waals surface area (Å²) < 4.78 is 5.22. The fraction of sp³-hybridized carbons (Fsp3) is 0.368. The largest absolute Gasteiger partial charge is 0.497 e. The molecular formula is C19H24N2O. The highest BCUT2D eigenvalue weighted by Gasteiger charge is 2.25. The molecule has 0 radical (unpaired) electrons. The Hall–Kier alpha value is -2.00.